The van der Waals surface area contributed by atoms with E-state index in [9.17, 15) is 9.90 Å². The highest BCUT2D eigenvalue weighted by molar-refractivity contribution is 5.95. The minimum absolute atomic E-state index is 0.0475. The number of pyridine rings is 1. The first-order valence-electron chi connectivity index (χ1n) is 12.8. The summed E-state index contributed by atoms with van der Waals surface area (Å²) in [7, 11) is 0. The van der Waals surface area contributed by atoms with Crippen molar-refractivity contribution in [3.05, 3.63) is 66.5 Å². The van der Waals surface area contributed by atoms with E-state index < -0.39 is 5.97 Å². The predicted molar refractivity (Wildman–Crippen MR) is 145 cm³/mol. The zero-order valence-corrected chi connectivity index (χ0v) is 20.9. The summed E-state index contributed by atoms with van der Waals surface area (Å²) in [6.45, 7) is 5.46. The first kappa shape index (κ1) is 23.9. The van der Waals surface area contributed by atoms with E-state index in [2.05, 4.69) is 40.1 Å². The summed E-state index contributed by atoms with van der Waals surface area (Å²) < 4.78 is 0. The van der Waals surface area contributed by atoms with Crippen LogP contribution in [0.1, 0.15) is 56.4 Å². The quantitative estimate of drug-likeness (QED) is 0.253. The van der Waals surface area contributed by atoms with Gasteiger partial charge in [-0.15, -0.1) is 0 Å². The molecule has 36 heavy (non-hydrogen) atoms. The van der Waals surface area contributed by atoms with E-state index in [1.165, 1.54) is 38.3 Å². The molecule has 0 radical (unpaired) electrons. The summed E-state index contributed by atoms with van der Waals surface area (Å²) >= 11 is 0. The van der Waals surface area contributed by atoms with E-state index in [0.717, 1.165) is 34.5 Å². The van der Waals surface area contributed by atoms with Crippen LogP contribution in [0.2, 0.25) is 0 Å². The number of aromatic amines is 1. The van der Waals surface area contributed by atoms with E-state index in [1.807, 2.05) is 42.5 Å². The minimum Gasteiger partial charge on any atom is -0.476 e. The van der Waals surface area contributed by atoms with Crippen LogP contribution in [0, 0.1) is 5.92 Å². The normalized spacial score (nSPS) is 14.3. The molecule has 1 aliphatic rings. The Kier molecular flexibility index (Phi) is 6.89. The number of nitrogens with one attached hydrogen (secondary N) is 2. The van der Waals surface area contributed by atoms with Crippen molar-refractivity contribution in [3.63, 3.8) is 0 Å². The zero-order valence-electron chi connectivity index (χ0n) is 20.9. The molecule has 0 aliphatic heterocycles. The van der Waals surface area contributed by atoms with Crippen LogP contribution < -0.4 is 10.2 Å². The second-order valence-corrected chi connectivity index (χ2v) is 10.0. The standard InChI is InChI=1S/C29H33N5O2/c1-19(2)18-34(21-9-4-3-5-10-21)26-15-14-20(22-11-8-16-30-27(22)28(35)36)17-25(26)33-29-31-23-12-6-7-13-24(23)32-29/h6-8,11-17,19,21H,3-5,9-10,18H2,1-2H3,(H,35,36)(H2,31,32,33). The van der Waals surface area contributed by atoms with Gasteiger partial charge in [0.2, 0.25) is 5.95 Å². The van der Waals surface area contributed by atoms with Gasteiger partial charge in [0, 0.05) is 24.3 Å². The zero-order chi connectivity index (χ0) is 25.1. The third-order valence-electron chi connectivity index (χ3n) is 6.85. The summed E-state index contributed by atoms with van der Waals surface area (Å²) in [5.41, 5.74) is 5.31. The molecule has 1 aliphatic carbocycles. The van der Waals surface area contributed by atoms with Gasteiger partial charge in [-0.2, -0.15) is 0 Å². The molecule has 0 amide bonds. The molecule has 0 atom stereocenters. The highest BCUT2D eigenvalue weighted by Crippen LogP contribution is 2.38. The molecule has 7 heteroatoms. The fraction of sp³-hybridized carbons (Fsp3) is 0.345. The van der Waals surface area contributed by atoms with Gasteiger partial charge in [0.15, 0.2) is 5.69 Å². The van der Waals surface area contributed by atoms with E-state index in [-0.39, 0.29) is 5.69 Å². The molecule has 5 rings (SSSR count). The Morgan fingerprint density at radius 2 is 1.92 bits per heavy atom. The average molecular weight is 484 g/mol. The van der Waals surface area contributed by atoms with E-state index >= 15 is 0 Å². The van der Waals surface area contributed by atoms with Gasteiger partial charge in [0.25, 0.3) is 0 Å². The fourth-order valence-corrected chi connectivity index (χ4v) is 5.23. The van der Waals surface area contributed by atoms with Crippen LogP contribution in [0.4, 0.5) is 17.3 Å². The van der Waals surface area contributed by atoms with Crippen LogP contribution in [0.5, 0.6) is 0 Å². The van der Waals surface area contributed by atoms with Gasteiger partial charge in [0.05, 0.1) is 22.4 Å². The number of fused-ring (bicyclic) bond motifs is 1. The predicted octanol–water partition coefficient (Wildman–Crippen LogP) is 6.86. The Labute approximate surface area is 211 Å². The Balaban J connectivity index is 1.61. The minimum atomic E-state index is -1.04. The Morgan fingerprint density at radius 1 is 1.11 bits per heavy atom. The number of benzene rings is 2. The van der Waals surface area contributed by atoms with Gasteiger partial charge >= 0.3 is 5.97 Å². The number of carboxylic acid groups (broad SMARTS) is 1. The van der Waals surface area contributed by atoms with Gasteiger partial charge in [-0.05, 0) is 54.7 Å². The molecule has 0 saturated heterocycles. The first-order chi connectivity index (χ1) is 17.5. The van der Waals surface area contributed by atoms with Gasteiger partial charge in [-0.1, -0.05) is 57.4 Å². The summed E-state index contributed by atoms with van der Waals surface area (Å²) in [5.74, 6) is 0.125. The number of anilines is 3. The summed E-state index contributed by atoms with van der Waals surface area (Å²) in [4.78, 5) is 26.6. The van der Waals surface area contributed by atoms with Crippen LogP contribution in [-0.2, 0) is 0 Å². The van der Waals surface area contributed by atoms with Crippen LogP contribution >= 0.6 is 0 Å². The molecule has 3 N–H and O–H groups in total. The smallest absolute Gasteiger partial charge is 0.355 e. The number of imidazole rings is 1. The lowest BCUT2D eigenvalue weighted by Crippen LogP contribution is -2.39. The molecule has 1 saturated carbocycles. The molecule has 7 nitrogen and oxygen atoms in total. The maximum Gasteiger partial charge on any atom is 0.355 e. The van der Waals surface area contributed by atoms with Crippen molar-refractivity contribution in [2.24, 2.45) is 5.92 Å². The van der Waals surface area contributed by atoms with Crippen molar-refractivity contribution in [1.82, 2.24) is 15.0 Å². The average Bonchev–Trinajstić information content (AvgIpc) is 3.30. The maximum absolute atomic E-state index is 11.9. The molecule has 2 aromatic carbocycles. The molecule has 0 unspecified atom stereocenters. The van der Waals surface area contributed by atoms with E-state index in [0.29, 0.717) is 23.5 Å². The second kappa shape index (κ2) is 10.4. The lowest BCUT2D eigenvalue weighted by Gasteiger charge is -2.38. The Bertz CT molecular complexity index is 1320. The molecule has 4 aromatic rings. The highest BCUT2D eigenvalue weighted by atomic mass is 16.4. The van der Waals surface area contributed by atoms with Crippen LogP contribution in [-0.4, -0.2) is 38.6 Å². The van der Waals surface area contributed by atoms with Gasteiger partial charge in [-0.3, -0.25) is 0 Å². The molecule has 0 spiro atoms. The van der Waals surface area contributed by atoms with Crippen molar-refractivity contribution < 1.29 is 9.90 Å². The third kappa shape index (κ3) is 5.05. The third-order valence-corrected chi connectivity index (χ3v) is 6.85. The summed E-state index contributed by atoms with van der Waals surface area (Å²) in [6.07, 6.45) is 7.69. The van der Waals surface area contributed by atoms with Crippen LogP contribution in [0.15, 0.2) is 60.8 Å². The number of aromatic nitrogens is 3. The largest absolute Gasteiger partial charge is 0.476 e. The number of hydrogen-bond acceptors (Lipinski definition) is 5. The number of rotatable bonds is 8. The molecule has 2 aromatic heterocycles. The lowest BCUT2D eigenvalue weighted by molar-refractivity contribution is 0.0691. The summed E-state index contributed by atoms with van der Waals surface area (Å²) in [6, 6.07) is 18.2. The molecular formula is C29H33N5O2. The fourth-order valence-electron chi connectivity index (χ4n) is 5.23. The van der Waals surface area contributed by atoms with Crippen molar-refractivity contribution in [2.75, 3.05) is 16.8 Å². The number of H-pyrrole nitrogens is 1. The van der Waals surface area contributed by atoms with Gasteiger partial charge < -0.3 is 20.3 Å². The number of hydrogen-bond donors (Lipinski definition) is 3. The van der Waals surface area contributed by atoms with E-state index in [4.69, 9.17) is 4.98 Å². The molecule has 2 heterocycles. The van der Waals surface area contributed by atoms with Gasteiger partial charge in [-0.25, -0.2) is 14.8 Å². The molecule has 1 fully saturated rings. The van der Waals surface area contributed by atoms with Crippen molar-refractivity contribution in [3.8, 4) is 11.1 Å². The van der Waals surface area contributed by atoms with Crippen molar-refractivity contribution in [2.45, 2.75) is 52.0 Å². The van der Waals surface area contributed by atoms with E-state index in [1.54, 1.807) is 6.07 Å². The number of para-hydroxylation sites is 2. The van der Waals surface area contributed by atoms with Crippen LogP contribution in [0.25, 0.3) is 22.2 Å². The number of carboxylic acids is 1. The Hall–Kier alpha value is -3.87. The monoisotopic (exact) mass is 483 g/mol. The van der Waals surface area contributed by atoms with Crippen molar-refractivity contribution >= 4 is 34.3 Å². The number of nitrogens with zero attached hydrogens (tertiary/aromatic N) is 3. The van der Waals surface area contributed by atoms with Crippen LogP contribution in [0.3, 0.4) is 0 Å². The number of carbonyl (C=O) groups is 1. The lowest BCUT2D eigenvalue weighted by atomic mass is 9.92. The summed E-state index contributed by atoms with van der Waals surface area (Å²) in [5, 5.41) is 13.3. The Morgan fingerprint density at radius 3 is 2.67 bits per heavy atom. The second-order valence-electron chi connectivity index (χ2n) is 10.0. The first-order valence-corrected chi connectivity index (χ1v) is 12.8. The SMILES string of the molecule is CC(C)CN(c1ccc(-c2cccnc2C(=O)O)cc1Nc1nc2ccccc2[nH]1)C1CCCCC1. The highest BCUT2D eigenvalue weighted by Gasteiger charge is 2.25. The number of aromatic carboxylic acids is 1. The maximum atomic E-state index is 11.9. The molecule has 0 bridgehead atoms. The van der Waals surface area contributed by atoms with Crippen molar-refractivity contribution in [1.29, 1.82) is 0 Å². The topological polar surface area (TPSA) is 94.1 Å². The molecule has 186 valence electrons. The molecular weight excluding hydrogens is 450 g/mol. The van der Waals surface area contributed by atoms with Gasteiger partial charge in [0.1, 0.15) is 0 Å².